The van der Waals surface area contributed by atoms with Gasteiger partial charge in [0.25, 0.3) is 0 Å². The zero-order chi connectivity index (χ0) is 61.7. The predicted octanol–water partition coefficient (Wildman–Crippen LogP) is 22.8. The van der Waals surface area contributed by atoms with Crippen LogP contribution in [0.15, 0.2) is 105 Å². The minimum Gasteiger partial charge on any atom is -0.497 e. The highest BCUT2D eigenvalue weighted by Crippen LogP contribution is 2.56. The van der Waals surface area contributed by atoms with Crippen LogP contribution in [0.2, 0.25) is 0 Å². The summed E-state index contributed by atoms with van der Waals surface area (Å²) in [4.78, 5) is 0. The van der Waals surface area contributed by atoms with Crippen LogP contribution in [0.25, 0.3) is 33.1 Å². The highest BCUT2D eigenvalue weighted by atomic mass is 31.2. The average molecular weight is 1220 g/mol. The number of benzene rings is 6. The van der Waals surface area contributed by atoms with Gasteiger partial charge in [0, 0.05) is 44.2 Å². The highest BCUT2D eigenvalue weighted by Gasteiger charge is 2.34. The zero-order valence-corrected chi connectivity index (χ0v) is 57.4. The molecule has 1 aromatic heterocycles. The van der Waals surface area contributed by atoms with E-state index in [0.29, 0.717) is 56.8 Å². The molecule has 7 aromatic rings. The van der Waals surface area contributed by atoms with Crippen molar-refractivity contribution in [3.63, 3.8) is 0 Å². The van der Waals surface area contributed by atoms with Gasteiger partial charge in [-0.15, -0.1) is 0 Å². The zero-order valence-electron chi connectivity index (χ0n) is 55.6. The van der Waals surface area contributed by atoms with Crippen molar-refractivity contribution in [2.45, 2.75) is 228 Å². The summed E-state index contributed by atoms with van der Waals surface area (Å²) in [6, 6.07) is 33.6. The third-order valence-corrected chi connectivity index (χ3v) is 18.0. The number of unbranched alkanes of at least 4 members (excludes halogenated alkanes) is 12. The van der Waals surface area contributed by atoms with Crippen molar-refractivity contribution in [3.05, 3.63) is 136 Å². The Morgan fingerprint density at radius 2 is 0.756 bits per heavy atom. The number of rotatable bonds is 28. The lowest BCUT2D eigenvalue weighted by atomic mass is 9.81. The van der Waals surface area contributed by atoms with E-state index in [-0.39, 0.29) is 16.3 Å². The maximum absolute atomic E-state index is 7.58. The third-order valence-electron chi connectivity index (χ3n) is 15.9. The first kappa shape index (κ1) is 69.3. The lowest BCUT2D eigenvalue weighted by Gasteiger charge is -2.29. The summed E-state index contributed by atoms with van der Waals surface area (Å²) >= 11 is 0. The van der Waals surface area contributed by atoms with Crippen molar-refractivity contribution in [2.24, 2.45) is 0 Å². The molecular formula is C74H104O10P2. The number of fused-ring (bicyclic) bond motifs is 3. The Bertz CT molecular complexity index is 3250. The van der Waals surface area contributed by atoms with E-state index < -0.39 is 27.7 Å². The molecule has 86 heavy (non-hydrogen) atoms. The molecule has 0 aliphatic heterocycles. The first-order valence-electron chi connectivity index (χ1n) is 31.5. The topological polar surface area (TPSA) is 122 Å². The summed E-state index contributed by atoms with van der Waals surface area (Å²) in [6.07, 6.45) is 19.8. The molecule has 1 heterocycles. The second-order valence-corrected chi connectivity index (χ2v) is 29.4. The average Bonchev–Trinajstić information content (AvgIpc) is 2.08. The molecule has 0 aliphatic rings. The van der Waals surface area contributed by atoms with E-state index >= 15 is 0 Å². The molecule has 0 aliphatic carbocycles. The van der Waals surface area contributed by atoms with Gasteiger partial charge in [0.05, 0.1) is 21.3 Å². The largest absolute Gasteiger partial charge is 0.530 e. The molecule has 0 saturated carbocycles. The van der Waals surface area contributed by atoms with Crippen molar-refractivity contribution in [2.75, 3.05) is 21.3 Å². The minimum absolute atomic E-state index is 0. The Morgan fingerprint density at radius 3 is 1.17 bits per heavy atom. The first-order valence-corrected chi connectivity index (χ1v) is 33.7. The fourth-order valence-electron chi connectivity index (χ4n) is 10.9. The van der Waals surface area contributed by atoms with Crippen molar-refractivity contribution < 1.29 is 46.2 Å². The molecule has 0 saturated heterocycles. The molecule has 2 N–H and O–H groups in total. The van der Waals surface area contributed by atoms with Gasteiger partial charge in [-0.1, -0.05) is 204 Å². The number of hydrogen-bond acceptors (Lipinski definition) is 9. The van der Waals surface area contributed by atoms with Gasteiger partial charge in [-0.25, -0.2) is 0 Å². The van der Waals surface area contributed by atoms with Gasteiger partial charge in [0.1, 0.15) is 51.4 Å². The molecular weight excluding hydrogens is 1110 g/mol. The van der Waals surface area contributed by atoms with Crippen molar-refractivity contribution in [1.82, 2.24) is 0 Å². The minimum atomic E-state index is -2.24. The predicted molar refractivity (Wildman–Crippen MR) is 362 cm³/mol. The fourth-order valence-corrected chi connectivity index (χ4v) is 13.1. The molecule has 470 valence electrons. The summed E-state index contributed by atoms with van der Waals surface area (Å²) in [6.45, 7) is 33.0. The number of ether oxygens (including phenoxy) is 3. The van der Waals surface area contributed by atoms with Gasteiger partial charge >= 0.3 is 16.8 Å². The second-order valence-electron chi connectivity index (χ2n) is 27.4. The molecule has 0 fully saturated rings. The Balaban J connectivity index is 0.0000118. The molecule has 0 bridgehead atoms. The van der Waals surface area contributed by atoms with Gasteiger partial charge < -0.3 is 46.2 Å². The maximum Gasteiger partial charge on any atom is 0.530 e. The van der Waals surface area contributed by atoms with Crippen LogP contribution in [-0.2, 0) is 34.5 Å². The van der Waals surface area contributed by atoms with E-state index in [1.54, 1.807) is 21.3 Å². The smallest absolute Gasteiger partial charge is 0.497 e. The Kier molecular flexibility index (Phi) is 24.9. The normalized spacial score (nSPS) is 12.3. The van der Waals surface area contributed by atoms with Crippen molar-refractivity contribution in [3.8, 4) is 51.4 Å². The summed E-state index contributed by atoms with van der Waals surface area (Å²) < 4.78 is 62.1. The summed E-state index contributed by atoms with van der Waals surface area (Å²) in [5, 5.41) is 1.80. The summed E-state index contributed by atoms with van der Waals surface area (Å²) in [5.41, 5.74) is 8.59. The highest BCUT2D eigenvalue weighted by molar-refractivity contribution is 7.43. The van der Waals surface area contributed by atoms with Crippen molar-refractivity contribution >= 4 is 38.8 Å². The van der Waals surface area contributed by atoms with E-state index in [2.05, 4.69) is 165 Å². The maximum atomic E-state index is 7.58. The SMILES string of the molecule is CCCCCCCCCc1ccc(OP(Oc2ccc(CCCCCCCCC)cc2)Oc2c(-c3cc(OC)cc(C(C)(C)C)c3Op3oc4c(C(C)(C)C)cc(C)cc4c4cc(OC)cc(C(C)(C)C)c4o3)cc(OC)cc2C(C)(C)C)cc1.O. The van der Waals surface area contributed by atoms with Gasteiger partial charge in [0.2, 0.25) is 0 Å². The fraction of sp³-hybridized carbons (Fsp3) is 0.514. The van der Waals surface area contributed by atoms with E-state index in [1.807, 2.05) is 36.4 Å². The van der Waals surface area contributed by atoms with Crippen LogP contribution >= 0.6 is 16.8 Å². The molecule has 1 atom stereocenters. The molecule has 1 unspecified atom stereocenters. The van der Waals surface area contributed by atoms with Gasteiger partial charge in [-0.3, -0.25) is 0 Å². The molecule has 12 heteroatoms. The third kappa shape index (κ3) is 18.6. The molecule has 0 amide bonds. The molecule has 0 radical (unpaired) electrons. The number of aryl methyl sites for hydroxylation is 3. The van der Waals surface area contributed by atoms with Crippen LogP contribution < -0.4 is 32.3 Å². The number of hydrogen-bond donors (Lipinski definition) is 0. The summed E-state index contributed by atoms with van der Waals surface area (Å²) in [7, 11) is 0.701. The standard InChI is InChI=1S/C74H102O9P2.H2O/c1-19-21-23-25-27-29-31-33-52-35-39-54(40-36-52)78-84(79-55-41-37-53(38-42-55)34-32-30-28-26-24-22-20-2)80-69-61(46-57(76-17)49-65(69)73(10,11)12)62-47-58(77-18)50-66(74(13,14)15)70(62)83-85-81-67-59(43-51(3)44-63(67)71(4,5)6)60-45-56(75-16)48-64(68(60)82-85)72(7,8)9;/h35-50H,19-34H2,1-18H3;1H2. The van der Waals surface area contributed by atoms with Gasteiger partial charge in [-0.05, 0) is 138 Å². The molecule has 6 aromatic carbocycles. The van der Waals surface area contributed by atoms with E-state index in [0.717, 1.165) is 70.0 Å². The van der Waals surface area contributed by atoms with Crippen LogP contribution in [0.3, 0.4) is 0 Å². The molecule has 10 nitrogen and oxygen atoms in total. The Hall–Kier alpha value is -5.79. The van der Waals surface area contributed by atoms with Crippen LogP contribution in [0, 0.1) is 6.92 Å². The summed E-state index contributed by atoms with van der Waals surface area (Å²) in [5.74, 6) is 4.43. The van der Waals surface area contributed by atoms with E-state index in [9.17, 15) is 0 Å². The second kappa shape index (κ2) is 30.9. The van der Waals surface area contributed by atoms with Crippen LogP contribution in [0.5, 0.6) is 40.2 Å². The van der Waals surface area contributed by atoms with Crippen LogP contribution in [0.4, 0.5) is 0 Å². The van der Waals surface area contributed by atoms with Gasteiger partial charge in [-0.2, -0.15) is 0 Å². The van der Waals surface area contributed by atoms with Gasteiger partial charge in [0.15, 0.2) is 0 Å². The Morgan fingerprint density at radius 1 is 0.395 bits per heavy atom. The van der Waals surface area contributed by atoms with E-state index in [4.69, 9.17) is 40.7 Å². The van der Waals surface area contributed by atoms with Crippen LogP contribution in [-0.4, -0.2) is 26.8 Å². The Labute approximate surface area is 519 Å². The lowest BCUT2D eigenvalue weighted by molar-refractivity contribution is 0.380. The first-order chi connectivity index (χ1) is 40.3. The quantitative estimate of drug-likeness (QED) is 0.0348. The number of methoxy groups -OCH3 is 3. The van der Waals surface area contributed by atoms with Crippen molar-refractivity contribution in [1.29, 1.82) is 0 Å². The monoisotopic (exact) mass is 1210 g/mol. The molecule has 7 rings (SSSR count). The molecule has 0 spiro atoms. The van der Waals surface area contributed by atoms with Crippen LogP contribution in [0.1, 0.15) is 226 Å². The van der Waals surface area contributed by atoms with E-state index in [1.165, 1.54) is 88.2 Å². The lowest BCUT2D eigenvalue weighted by Crippen LogP contribution is -2.16.